The van der Waals surface area contributed by atoms with Crippen molar-refractivity contribution in [2.45, 2.75) is 39.0 Å². The van der Waals surface area contributed by atoms with E-state index in [1.54, 1.807) is 13.0 Å². The highest BCUT2D eigenvalue weighted by atomic mass is 32.2. The molecule has 1 heterocycles. The van der Waals surface area contributed by atoms with Gasteiger partial charge in [0.05, 0.1) is 13.8 Å². The molecular weight excluding hydrogens is 311 g/mol. The maximum absolute atomic E-state index is 12.4. The number of rotatable bonds is 3. The zero-order chi connectivity index (χ0) is 15.9. The van der Waals surface area contributed by atoms with E-state index in [0.717, 1.165) is 0 Å². The van der Waals surface area contributed by atoms with E-state index in [1.807, 2.05) is 19.6 Å². The average Bonchev–Trinajstić information content (AvgIpc) is 2.18. The van der Waals surface area contributed by atoms with Crippen molar-refractivity contribution in [1.82, 2.24) is 4.98 Å². The first-order valence-electron chi connectivity index (χ1n) is 5.75. The Morgan fingerprint density at radius 1 is 1.20 bits per heavy atom. The fraction of sp³-hybridized carbons (Fsp3) is 0.545. The van der Waals surface area contributed by atoms with E-state index < -0.39 is 23.7 Å². The molecule has 0 aromatic carbocycles. The maximum atomic E-state index is 12.4. The van der Waals surface area contributed by atoms with Crippen LogP contribution in [0, 0.1) is 13.8 Å². The molecule has 4 nitrogen and oxygen atoms in total. The summed E-state index contributed by atoms with van der Waals surface area (Å²) in [5.74, 6) is -0.299. The highest BCUT2D eigenvalue weighted by molar-refractivity contribution is 7.88. The SMILES string of the molecule is Cc1cc([Si](C)(C)C)c(OS(=O)(=O)C(F)(F)F)c(C)n1. The predicted molar refractivity (Wildman–Crippen MR) is 72.3 cm³/mol. The van der Waals surface area contributed by atoms with Gasteiger partial charge in [-0.25, -0.2) is 0 Å². The predicted octanol–water partition coefficient (Wildman–Crippen LogP) is 2.47. The number of hydrogen-bond acceptors (Lipinski definition) is 4. The molecule has 0 aliphatic rings. The van der Waals surface area contributed by atoms with Gasteiger partial charge < -0.3 is 4.18 Å². The molecule has 0 amide bonds. The molecule has 0 bridgehead atoms. The standard InChI is InChI=1S/C11H16F3NO3SSi/c1-7-6-9(20(3,4)5)10(8(2)15-7)18-19(16,17)11(12,13)14/h6H,1-5H3. The summed E-state index contributed by atoms with van der Waals surface area (Å²) in [7, 11) is -7.78. The number of alkyl halides is 3. The largest absolute Gasteiger partial charge is 0.534 e. The van der Waals surface area contributed by atoms with E-state index in [2.05, 4.69) is 9.17 Å². The number of halogens is 3. The van der Waals surface area contributed by atoms with E-state index in [-0.39, 0.29) is 11.4 Å². The van der Waals surface area contributed by atoms with Crippen LogP contribution in [-0.2, 0) is 10.1 Å². The molecule has 114 valence electrons. The number of nitrogens with zero attached hydrogens (tertiary/aromatic N) is 1. The summed E-state index contributed by atoms with van der Waals surface area (Å²) < 4.78 is 64.0. The lowest BCUT2D eigenvalue weighted by Gasteiger charge is -2.22. The van der Waals surface area contributed by atoms with E-state index in [9.17, 15) is 21.6 Å². The second-order valence-corrected chi connectivity index (χ2v) is 12.0. The highest BCUT2D eigenvalue weighted by Gasteiger charge is 2.49. The Balaban J connectivity index is 3.47. The van der Waals surface area contributed by atoms with E-state index >= 15 is 0 Å². The maximum Gasteiger partial charge on any atom is 0.534 e. The van der Waals surface area contributed by atoms with Crippen LogP contribution < -0.4 is 9.37 Å². The third-order valence-electron chi connectivity index (χ3n) is 2.56. The topological polar surface area (TPSA) is 56.3 Å². The third-order valence-corrected chi connectivity index (χ3v) is 5.50. The molecule has 9 heteroatoms. The molecule has 0 N–H and O–H groups in total. The molecule has 1 rings (SSSR count). The van der Waals surface area contributed by atoms with Crippen LogP contribution in [0.15, 0.2) is 6.07 Å². The van der Waals surface area contributed by atoms with Gasteiger partial charge >= 0.3 is 15.6 Å². The number of hydrogen-bond donors (Lipinski definition) is 0. The van der Waals surface area contributed by atoms with Crippen molar-refractivity contribution < 1.29 is 25.8 Å². The van der Waals surface area contributed by atoms with Crippen molar-refractivity contribution in [3.05, 3.63) is 17.5 Å². The first-order valence-corrected chi connectivity index (χ1v) is 10.7. The highest BCUT2D eigenvalue weighted by Crippen LogP contribution is 2.28. The molecule has 0 radical (unpaired) electrons. The molecule has 0 aliphatic carbocycles. The van der Waals surface area contributed by atoms with Gasteiger partial charge in [-0.3, -0.25) is 4.98 Å². The first kappa shape index (κ1) is 17.0. The van der Waals surface area contributed by atoms with Gasteiger partial charge in [-0.2, -0.15) is 21.6 Å². The Morgan fingerprint density at radius 2 is 1.70 bits per heavy atom. The van der Waals surface area contributed by atoms with Crippen LogP contribution in [0.4, 0.5) is 13.2 Å². The molecule has 1 aromatic heterocycles. The van der Waals surface area contributed by atoms with Crippen LogP contribution >= 0.6 is 0 Å². The summed E-state index contributed by atoms with van der Waals surface area (Å²) >= 11 is 0. The molecule has 20 heavy (non-hydrogen) atoms. The van der Waals surface area contributed by atoms with E-state index in [1.165, 1.54) is 6.92 Å². The summed E-state index contributed by atoms with van der Waals surface area (Å²) in [6, 6.07) is 1.58. The van der Waals surface area contributed by atoms with Crippen LogP contribution in [-0.4, -0.2) is 27.0 Å². The van der Waals surface area contributed by atoms with Crippen molar-refractivity contribution in [1.29, 1.82) is 0 Å². The molecular formula is C11H16F3NO3SSi. The van der Waals surface area contributed by atoms with Gasteiger partial charge in [0.25, 0.3) is 0 Å². The molecule has 1 aromatic rings. The fourth-order valence-corrected chi connectivity index (χ4v) is 3.79. The lowest BCUT2D eigenvalue weighted by atomic mass is 10.3. The van der Waals surface area contributed by atoms with Gasteiger partial charge in [-0.15, -0.1) is 0 Å². The van der Waals surface area contributed by atoms with Crippen LogP contribution in [0.25, 0.3) is 0 Å². The Bertz CT molecular complexity index is 621. The van der Waals surface area contributed by atoms with Gasteiger partial charge in [-0.1, -0.05) is 19.6 Å². The lowest BCUT2D eigenvalue weighted by Crippen LogP contribution is -2.41. The summed E-state index contributed by atoms with van der Waals surface area (Å²) in [6.45, 7) is 8.77. The number of pyridine rings is 1. The average molecular weight is 327 g/mol. The van der Waals surface area contributed by atoms with Crippen LogP contribution in [0.3, 0.4) is 0 Å². The van der Waals surface area contributed by atoms with Gasteiger partial charge in [0.15, 0.2) is 5.75 Å². The second-order valence-electron chi connectivity index (χ2n) is 5.46. The minimum atomic E-state index is -5.69. The van der Waals surface area contributed by atoms with Crippen molar-refractivity contribution in [3.63, 3.8) is 0 Å². The molecule has 0 unspecified atom stereocenters. The monoisotopic (exact) mass is 327 g/mol. The summed E-state index contributed by atoms with van der Waals surface area (Å²) in [4.78, 5) is 3.98. The first-order chi connectivity index (χ1) is 8.75. The van der Waals surface area contributed by atoms with Crippen molar-refractivity contribution in [3.8, 4) is 5.75 Å². The molecule has 0 fully saturated rings. The van der Waals surface area contributed by atoms with Gasteiger partial charge in [0.1, 0.15) is 0 Å². The molecule has 0 saturated carbocycles. The minimum Gasteiger partial charge on any atom is -0.374 e. The van der Waals surface area contributed by atoms with Gasteiger partial charge in [-0.05, 0) is 25.1 Å². The lowest BCUT2D eigenvalue weighted by molar-refractivity contribution is -0.0500. The zero-order valence-corrected chi connectivity index (χ0v) is 13.6. The molecule has 0 aliphatic heterocycles. The van der Waals surface area contributed by atoms with Crippen molar-refractivity contribution in [2.75, 3.05) is 0 Å². The Kier molecular flexibility index (Phi) is 4.26. The Morgan fingerprint density at radius 3 is 2.10 bits per heavy atom. The van der Waals surface area contributed by atoms with Crippen LogP contribution in [0.1, 0.15) is 11.4 Å². The Hall–Kier alpha value is -1.09. The minimum absolute atomic E-state index is 0.134. The molecule has 0 atom stereocenters. The molecule has 0 saturated heterocycles. The number of aromatic nitrogens is 1. The summed E-state index contributed by atoms with van der Waals surface area (Å²) in [6.07, 6.45) is 0. The van der Waals surface area contributed by atoms with Crippen LogP contribution in [0.2, 0.25) is 19.6 Å². The van der Waals surface area contributed by atoms with E-state index in [4.69, 9.17) is 0 Å². The second kappa shape index (κ2) is 5.03. The van der Waals surface area contributed by atoms with Crippen molar-refractivity contribution >= 4 is 23.4 Å². The van der Waals surface area contributed by atoms with Gasteiger partial charge in [0, 0.05) is 5.69 Å². The van der Waals surface area contributed by atoms with Crippen molar-refractivity contribution in [2.24, 2.45) is 0 Å². The van der Waals surface area contributed by atoms with E-state index in [0.29, 0.717) is 10.9 Å². The normalized spacial score (nSPS) is 13.4. The number of aryl methyl sites for hydroxylation is 2. The Labute approximate surface area is 117 Å². The summed E-state index contributed by atoms with van der Waals surface area (Å²) in [5, 5.41) is 0.496. The summed E-state index contributed by atoms with van der Waals surface area (Å²) in [5.41, 5.74) is -4.71. The van der Waals surface area contributed by atoms with Gasteiger partial charge in [0.2, 0.25) is 0 Å². The molecule has 0 spiro atoms. The van der Waals surface area contributed by atoms with Crippen LogP contribution in [0.5, 0.6) is 5.75 Å². The fourth-order valence-electron chi connectivity index (χ4n) is 1.64. The quantitative estimate of drug-likeness (QED) is 0.486. The zero-order valence-electron chi connectivity index (χ0n) is 11.8. The smallest absolute Gasteiger partial charge is 0.374 e. The third kappa shape index (κ3) is 3.51.